The van der Waals surface area contributed by atoms with E-state index >= 15 is 0 Å². The molecular weight excluding hydrogens is 360 g/mol. The molecule has 0 radical (unpaired) electrons. The standard InChI is InChI=1S/C25H30N2O2/c1-26-24(29)25(15-6-16-27(18-25)23(28)22-9-5-10-22)17-19-11-13-21(14-12-19)20-7-3-2-4-8-20/h2-4,7-8,11-14,22H,5-6,9-10,15-18H2,1H3,(H,26,29). The van der Waals surface area contributed by atoms with Crippen molar-refractivity contribution in [1.82, 2.24) is 10.2 Å². The largest absolute Gasteiger partial charge is 0.359 e. The lowest BCUT2D eigenvalue weighted by Gasteiger charge is -2.43. The molecule has 1 N–H and O–H groups in total. The molecule has 4 heteroatoms. The van der Waals surface area contributed by atoms with Crippen LogP contribution in [0.25, 0.3) is 11.1 Å². The highest BCUT2D eigenvalue weighted by Crippen LogP contribution is 2.37. The number of nitrogens with one attached hydrogen (secondary N) is 1. The second-order valence-electron chi connectivity index (χ2n) is 8.59. The van der Waals surface area contributed by atoms with Gasteiger partial charge < -0.3 is 10.2 Å². The van der Waals surface area contributed by atoms with Gasteiger partial charge in [-0.05, 0) is 48.8 Å². The maximum absolute atomic E-state index is 13.0. The average Bonchev–Trinajstić information content (AvgIpc) is 2.73. The Kier molecular flexibility index (Phi) is 5.70. The summed E-state index contributed by atoms with van der Waals surface area (Å²) in [5.74, 6) is 0.486. The molecule has 2 fully saturated rings. The molecule has 2 aromatic carbocycles. The van der Waals surface area contributed by atoms with Crippen molar-refractivity contribution in [3.63, 3.8) is 0 Å². The van der Waals surface area contributed by atoms with Gasteiger partial charge in [-0.15, -0.1) is 0 Å². The van der Waals surface area contributed by atoms with Crippen LogP contribution in [0.5, 0.6) is 0 Å². The van der Waals surface area contributed by atoms with E-state index in [1.807, 2.05) is 23.1 Å². The molecule has 1 aliphatic carbocycles. The van der Waals surface area contributed by atoms with Crippen molar-refractivity contribution in [3.8, 4) is 11.1 Å². The molecule has 1 heterocycles. The van der Waals surface area contributed by atoms with Crippen LogP contribution in [0.15, 0.2) is 54.6 Å². The van der Waals surface area contributed by atoms with Gasteiger partial charge in [0.1, 0.15) is 0 Å². The quantitative estimate of drug-likeness (QED) is 0.837. The zero-order valence-electron chi connectivity index (χ0n) is 17.2. The fraction of sp³-hybridized carbons (Fsp3) is 0.440. The number of benzene rings is 2. The number of rotatable bonds is 5. The number of carbonyl (C=O) groups excluding carboxylic acids is 2. The molecule has 29 heavy (non-hydrogen) atoms. The highest BCUT2D eigenvalue weighted by atomic mass is 16.2. The number of piperidine rings is 1. The lowest BCUT2D eigenvalue weighted by molar-refractivity contribution is -0.146. The molecule has 0 spiro atoms. The topological polar surface area (TPSA) is 49.4 Å². The minimum absolute atomic E-state index is 0.0516. The Hall–Kier alpha value is -2.62. The lowest BCUT2D eigenvalue weighted by Crippen LogP contribution is -2.55. The van der Waals surface area contributed by atoms with Crippen LogP contribution in [0.4, 0.5) is 0 Å². The van der Waals surface area contributed by atoms with Crippen LogP contribution in [0, 0.1) is 11.3 Å². The molecule has 4 rings (SSSR count). The third-order valence-corrected chi connectivity index (χ3v) is 6.66. The van der Waals surface area contributed by atoms with Crippen LogP contribution in [0.2, 0.25) is 0 Å². The lowest BCUT2D eigenvalue weighted by atomic mass is 9.73. The highest BCUT2D eigenvalue weighted by molar-refractivity contribution is 5.85. The fourth-order valence-corrected chi connectivity index (χ4v) is 4.74. The number of amides is 2. The van der Waals surface area contributed by atoms with E-state index in [2.05, 4.69) is 41.7 Å². The fourth-order valence-electron chi connectivity index (χ4n) is 4.74. The summed E-state index contributed by atoms with van der Waals surface area (Å²) in [5, 5.41) is 2.87. The second kappa shape index (κ2) is 8.40. The summed E-state index contributed by atoms with van der Waals surface area (Å²) >= 11 is 0. The number of hydrogen-bond acceptors (Lipinski definition) is 2. The highest BCUT2D eigenvalue weighted by Gasteiger charge is 2.44. The summed E-state index contributed by atoms with van der Waals surface area (Å²) in [6.45, 7) is 1.31. The number of hydrogen-bond donors (Lipinski definition) is 1. The van der Waals surface area contributed by atoms with Gasteiger partial charge in [-0.1, -0.05) is 61.0 Å². The Morgan fingerprint density at radius 1 is 1.00 bits per heavy atom. The van der Waals surface area contributed by atoms with Gasteiger partial charge in [0, 0.05) is 26.1 Å². The molecule has 1 aliphatic heterocycles. The smallest absolute Gasteiger partial charge is 0.228 e. The Balaban J connectivity index is 1.53. The van der Waals surface area contributed by atoms with Crippen LogP contribution in [-0.4, -0.2) is 36.9 Å². The van der Waals surface area contributed by atoms with E-state index < -0.39 is 5.41 Å². The maximum atomic E-state index is 13.0. The van der Waals surface area contributed by atoms with Crippen molar-refractivity contribution >= 4 is 11.8 Å². The van der Waals surface area contributed by atoms with E-state index in [1.54, 1.807) is 7.05 Å². The first-order chi connectivity index (χ1) is 14.1. The third-order valence-electron chi connectivity index (χ3n) is 6.66. The van der Waals surface area contributed by atoms with Crippen LogP contribution < -0.4 is 5.32 Å². The molecule has 1 saturated heterocycles. The van der Waals surface area contributed by atoms with E-state index in [-0.39, 0.29) is 17.7 Å². The molecule has 2 aliphatic rings. The Morgan fingerprint density at radius 2 is 1.69 bits per heavy atom. The number of likely N-dealkylation sites (tertiary alicyclic amines) is 1. The molecule has 0 bridgehead atoms. The van der Waals surface area contributed by atoms with Gasteiger partial charge in [-0.25, -0.2) is 0 Å². The Morgan fingerprint density at radius 3 is 2.31 bits per heavy atom. The van der Waals surface area contributed by atoms with Crippen molar-refractivity contribution in [3.05, 3.63) is 60.2 Å². The van der Waals surface area contributed by atoms with Gasteiger partial charge in [0.25, 0.3) is 0 Å². The van der Waals surface area contributed by atoms with E-state index in [1.165, 1.54) is 11.1 Å². The summed E-state index contributed by atoms with van der Waals surface area (Å²) in [7, 11) is 1.70. The van der Waals surface area contributed by atoms with Gasteiger partial charge in [-0.2, -0.15) is 0 Å². The monoisotopic (exact) mass is 390 g/mol. The molecule has 2 aromatic rings. The zero-order valence-corrected chi connectivity index (χ0v) is 17.2. The molecule has 2 amide bonds. The first-order valence-electron chi connectivity index (χ1n) is 10.8. The van der Waals surface area contributed by atoms with Crippen LogP contribution in [-0.2, 0) is 16.0 Å². The molecule has 152 valence electrons. The van der Waals surface area contributed by atoms with E-state index in [4.69, 9.17) is 0 Å². The molecule has 1 unspecified atom stereocenters. The third kappa shape index (κ3) is 4.07. The molecule has 1 saturated carbocycles. The van der Waals surface area contributed by atoms with Crippen LogP contribution in [0.3, 0.4) is 0 Å². The van der Waals surface area contributed by atoms with Gasteiger partial charge in [0.05, 0.1) is 5.41 Å². The van der Waals surface area contributed by atoms with E-state index in [9.17, 15) is 9.59 Å². The molecular formula is C25H30N2O2. The van der Waals surface area contributed by atoms with Crippen molar-refractivity contribution in [1.29, 1.82) is 0 Å². The average molecular weight is 391 g/mol. The minimum Gasteiger partial charge on any atom is -0.359 e. The van der Waals surface area contributed by atoms with Gasteiger partial charge in [0.15, 0.2) is 0 Å². The summed E-state index contributed by atoms with van der Waals surface area (Å²) in [5.41, 5.74) is 2.97. The van der Waals surface area contributed by atoms with Gasteiger partial charge >= 0.3 is 0 Å². The summed E-state index contributed by atoms with van der Waals surface area (Å²) in [4.78, 5) is 27.7. The van der Waals surface area contributed by atoms with Crippen LogP contribution >= 0.6 is 0 Å². The predicted octanol–water partition coefficient (Wildman–Crippen LogP) is 4.05. The maximum Gasteiger partial charge on any atom is 0.228 e. The predicted molar refractivity (Wildman–Crippen MR) is 115 cm³/mol. The summed E-state index contributed by atoms with van der Waals surface area (Å²) in [6, 6.07) is 18.8. The SMILES string of the molecule is CNC(=O)C1(Cc2ccc(-c3ccccc3)cc2)CCCN(C(=O)C2CCC2)C1. The normalized spacial score (nSPS) is 22.0. The Bertz CT molecular complexity index is 858. The van der Waals surface area contributed by atoms with E-state index in [0.29, 0.717) is 13.0 Å². The molecule has 0 aromatic heterocycles. The minimum atomic E-state index is -0.541. The van der Waals surface area contributed by atoms with Crippen molar-refractivity contribution in [2.75, 3.05) is 20.1 Å². The van der Waals surface area contributed by atoms with Crippen molar-refractivity contribution < 1.29 is 9.59 Å². The van der Waals surface area contributed by atoms with Crippen LogP contribution in [0.1, 0.15) is 37.7 Å². The number of carbonyl (C=O) groups is 2. The zero-order chi connectivity index (χ0) is 20.3. The van der Waals surface area contributed by atoms with Crippen molar-refractivity contribution in [2.24, 2.45) is 11.3 Å². The summed E-state index contributed by atoms with van der Waals surface area (Å²) in [6.07, 6.45) is 5.52. The molecule has 1 atom stereocenters. The number of nitrogens with zero attached hydrogens (tertiary/aromatic N) is 1. The Labute approximate surface area is 173 Å². The van der Waals surface area contributed by atoms with Gasteiger partial charge in [-0.3, -0.25) is 9.59 Å². The van der Waals surface area contributed by atoms with Crippen molar-refractivity contribution in [2.45, 2.75) is 38.5 Å². The first-order valence-corrected chi connectivity index (χ1v) is 10.8. The van der Waals surface area contributed by atoms with Gasteiger partial charge in [0.2, 0.25) is 11.8 Å². The van der Waals surface area contributed by atoms with E-state index in [0.717, 1.165) is 44.2 Å². The second-order valence-corrected chi connectivity index (χ2v) is 8.59. The molecule has 4 nitrogen and oxygen atoms in total. The first kappa shape index (κ1) is 19.7. The summed E-state index contributed by atoms with van der Waals surface area (Å²) < 4.78 is 0.